The van der Waals surface area contributed by atoms with Gasteiger partial charge in [-0.3, -0.25) is 4.79 Å². The highest BCUT2D eigenvalue weighted by Crippen LogP contribution is 2.29. The fraction of sp³-hybridized carbons (Fsp3) is 0.200. The van der Waals surface area contributed by atoms with Gasteiger partial charge in [-0.25, -0.2) is 4.98 Å². The number of rotatable bonds is 5. The molecule has 1 N–H and O–H groups in total. The van der Waals surface area contributed by atoms with Crippen LogP contribution in [0.25, 0.3) is 10.9 Å². The van der Waals surface area contributed by atoms with Crippen molar-refractivity contribution >= 4 is 45.9 Å². The van der Waals surface area contributed by atoms with E-state index >= 15 is 0 Å². The highest BCUT2D eigenvalue weighted by Gasteiger charge is 2.10. The summed E-state index contributed by atoms with van der Waals surface area (Å²) in [6.07, 6.45) is 0. The van der Waals surface area contributed by atoms with Crippen molar-refractivity contribution in [3.05, 3.63) is 58.6 Å². The van der Waals surface area contributed by atoms with Crippen LogP contribution in [0.3, 0.4) is 0 Å². The van der Waals surface area contributed by atoms with E-state index < -0.39 is 0 Å². The molecule has 6 heteroatoms. The quantitative estimate of drug-likeness (QED) is 0.609. The van der Waals surface area contributed by atoms with Crippen molar-refractivity contribution in [2.24, 2.45) is 0 Å². The van der Waals surface area contributed by atoms with E-state index in [-0.39, 0.29) is 11.7 Å². The van der Waals surface area contributed by atoms with E-state index in [1.165, 1.54) is 11.8 Å². The Balaban J connectivity index is 1.74. The molecule has 2 aromatic carbocycles. The van der Waals surface area contributed by atoms with Gasteiger partial charge in [0.1, 0.15) is 11.3 Å². The van der Waals surface area contributed by atoms with Crippen LogP contribution in [0.1, 0.15) is 11.1 Å². The van der Waals surface area contributed by atoms with Crippen molar-refractivity contribution in [2.45, 2.75) is 18.9 Å². The molecule has 3 aromatic rings. The Bertz CT molecular complexity index is 975. The minimum Gasteiger partial charge on any atom is -0.494 e. The summed E-state index contributed by atoms with van der Waals surface area (Å²) in [4.78, 5) is 16.9. The van der Waals surface area contributed by atoms with Gasteiger partial charge in [0.25, 0.3) is 0 Å². The smallest absolute Gasteiger partial charge is 0.234 e. The number of pyridine rings is 1. The zero-order valence-electron chi connectivity index (χ0n) is 14.8. The largest absolute Gasteiger partial charge is 0.494 e. The monoisotopic (exact) mass is 386 g/mol. The van der Waals surface area contributed by atoms with Gasteiger partial charge in [-0.15, -0.1) is 0 Å². The van der Waals surface area contributed by atoms with Crippen molar-refractivity contribution in [1.29, 1.82) is 0 Å². The molecule has 0 aliphatic carbocycles. The summed E-state index contributed by atoms with van der Waals surface area (Å²) in [5.41, 5.74) is 3.61. The maximum atomic E-state index is 12.3. The summed E-state index contributed by atoms with van der Waals surface area (Å²) in [6, 6.07) is 13.2. The Morgan fingerprint density at radius 2 is 2.00 bits per heavy atom. The Kier molecular flexibility index (Phi) is 5.69. The topological polar surface area (TPSA) is 51.2 Å². The Hall–Kier alpha value is -2.24. The highest BCUT2D eigenvalue weighted by atomic mass is 35.5. The third-order valence-corrected chi connectivity index (χ3v) is 5.17. The number of para-hydroxylation sites is 1. The number of ether oxygens (including phenoxy) is 1. The van der Waals surface area contributed by atoms with Crippen molar-refractivity contribution in [3.8, 4) is 5.75 Å². The molecule has 1 heterocycles. The van der Waals surface area contributed by atoms with E-state index in [9.17, 15) is 4.79 Å². The fourth-order valence-electron chi connectivity index (χ4n) is 2.69. The van der Waals surface area contributed by atoms with Crippen LogP contribution >= 0.6 is 23.4 Å². The molecule has 0 saturated heterocycles. The minimum atomic E-state index is -0.0833. The molecule has 0 radical (unpaired) electrons. The second kappa shape index (κ2) is 7.98. The van der Waals surface area contributed by atoms with Gasteiger partial charge in [0.15, 0.2) is 0 Å². The number of aryl methyl sites for hydroxylation is 2. The molecule has 0 aliphatic heterocycles. The van der Waals surface area contributed by atoms with Gasteiger partial charge in [-0.1, -0.05) is 35.5 Å². The van der Waals surface area contributed by atoms with Crippen molar-refractivity contribution in [3.63, 3.8) is 0 Å². The van der Waals surface area contributed by atoms with Gasteiger partial charge < -0.3 is 10.1 Å². The fourth-order valence-corrected chi connectivity index (χ4v) is 3.69. The van der Waals surface area contributed by atoms with Crippen LogP contribution in [-0.2, 0) is 4.79 Å². The van der Waals surface area contributed by atoms with Crippen LogP contribution in [0.2, 0.25) is 5.02 Å². The zero-order chi connectivity index (χ0) is 18.7. The van der Waals surface area contributed by atoms with Gasteiger partial charge in [0.05, 0.1) is 17.9 Å². The number of halogens is 1. The average molecular weight is 387 g/mol. The van der Waals surface area contributed by atoms with E-state index in [4.69, 9.17) is 16.3 Å². The lowest BCUT2D eigenvalue weighted by atomic mass is 10.1. The van der Waals surface area contributed by atoms with Crippen molar-refractivity contribution < 1.29 is 9.53 Å². The van der Waals surface area contributed by atoms with E-state index in [1.54, 1.807) is 13.2 Å². The summed E-state index contributed by atoms with van der Waals surface area (Å²) < 4.78 is 5.40. The third kappa shape index (κ3) is 4.11. The normalized spacial score (nSPS) is 10.8. The molecule has 0 aliphatic rings. The highest BCUT2D eigenvalue weighted by molar-refractivity contribution is 7.99. The van der Waals surface area contributed by atoms with Crippen LogP contribution in [0.4, 0.5) is 5.69 Å². The molecule has 0 saturated carbocycles. The standard InChI is InChI=1S/C20H19ClN2O2S/c1-12-10-19(23-20-15(12)5-4-6-17(20)25-3)26-11-18(24)22-16-8-7-14(21)9-13(16)2/h4-10H,11H2,1-3H3,(H,22,24). The van der Waals surface area contributed by atoms with Crippen LogP contribution in [0.15, 0.2) is 47.5 Å². The molecular formula is C20H19ClN2O2S. The zero-order valence-corrected chi connectivity index (χ0v) is 16.4. The molecule has 0 fully saturated rings. The number of carbonyl (C=O) groups is 1. The number of hydrogen-bond donors (Lipinski definition) is 1. The molecule has 1 aromatic heterocycles. The number of fused-ring (bicyclic) bond motifs is 1. The number of benzene rings is 2. The van der Waals surface area contributed by atoms with E-state index in [2.05, 4.69) is 10.3 Å². The number of amides is 1. The molecule has 4 nitrogen and oxygen atoms in total. The molecule has 1 amide bonds. The number of thioether (sulfide) groups is 1. The minimum absolute atomic E-state index is 0.0833. The van der Waals surface area contributed by atoms with Crippen LogP contribution < -0.4 is 10.1 Å². The molecule has 0 spiro atoms. The lowest BCUT2D eigenvalue weighted by molar-refractivity contribution is -0.113. The van der Waals surface area contributed by atoms with Crippen LogP contribution in [0.5, 0.6) is 5.75 Å². The first kappa shape index (κ1) is 18.5. The van der Waals surface area contributed by atoms with Crippen LogP contribution in [0, 0.1) is 13.8 Å². The van der Waals surface area contributed by atoms with Gasteiger partial charge >= 0.3 is 0 Å². The summed E-state index contributed by atoms with van der Waals surface area (Å²) in [6.45, 7) is 3.94. The first-order valence-corrected chi connectivity index (χ1v) is 9.47. The second-order valence-electron chi connectivity index (χ2n) is 5.93. The number of nitrogens with one attached hydrogen (secondary N) is 1. The number of carbonyl (C=O) groups excluding carboxylic acids is 1. The van der Waals surface area contributed by atoms with E-state index in [0.717, 1.165) is 38.5 Å². The predicted molar refractivity (Wildman–Crippen MR) is 109 cm³/mol. The number of nitrogens with zero attached hydrogens (tertiary/aromatic N) is 1. The third-order valence-electron chi connectivity index (χ3n) is 4.02. The average Bonchev–Trinajstić information content (AvgIpc) is 2.62. The number of anilines is 1. The summed E-state index contributed by atoms with van der Waals surface area (Å²) in [7, 11) is 1.63. The van der Waals surface area contributed by atoms with Gasteiger partial charge in [0, 0.05) is 16.1 Å². The maximum absolute atomic E-state index is 12.3. The lowest BCUT2D eigenvalue weighted by Crippen LogP contribution is -2.14. The Morgan fingerprint density at radius 1 is 1.19 bits per heavy atom. The molecular weight excluding hydrogens is 368 g/mol. The van der Waals surface area contributed by atoms with E-state index in [0.29, 0.717) is 5.02 Å². The molecule has 0 bridgehead atoms. The Labute approximate surface area is 161 Å². The summed E-state index contributed by atoms with van der Waals surface area (Å²) in [5, 5.41) is 5.41. The van der Waals surface area contributed by atoms with Crippen molar-refractivity contribution in [2.75, 3.05) is 18.2 Å². The van der Waals surface area contributed by atoms with Gasteiger partial charge in [-0.05, 0) is 55.3 Å². The number of aromatic nitrogens is 1. The lowest BCUT2D eigenvalue weighted by Gasteiger charge is -2.10. The molecule has 134 valence electrons. The maximum Gasteiger partial charge on any atom is 0.234 e. The Morgan fingerprint density at radius 3 is 2.73 bits per heavy atom. The number of hydrogen-bond acceptors (Lipinski definition) is 4. The predicted octanol–water partition coefficient (Wildman–Crippen LogP) is 5.24. The number of methoxy groups -OCH3 is 1. The summed E-state index contributed by atoms with van der Waals surface area (Å²) >= 11 is 7.35. The molecule has 0 atom stereocenters. The molecule has 3 rings (SSSR count). The van der Waals surface area contributed by atoms with E-state index in [1.807, 2.05) is 50.2 Å². The van der Waals surface area contributed by atoms with Gasteiger partial charge in [0.2, 0.25) is 5.91 Å². The van der Waals surface area contributed by atoms with Gasteiger partial charge in [-0.2, -0.15) is 0 Å². The second-order valence-corrected chi connectivity index (χ2v) is 7.36. The molecule has 26 heavy (non-hydrogen) atoms. The van der Waals surface area contributed by atoms with Crippen LogP contribution in [-0.4, -0.2) is 23.8 Å². The summed E-state index contributed by atoms with van der Waals surface area (Å²) in [5.74, 6) is 0.920. The SMILES string of the molecule is COc1cccc2c(C)cc(SCC(=O)Nc3ccc(Cl)cc3C)nc12. The first-order chi connectivity index (χ1) is 12.5. The van der Waals surface area contributed by atoms with Crippen molar-refractivity contribution in [1.82, 2.24) is 4.98 Å². The molecule has 0 unspecified atom stereocenters. The first-order valence-electron chi connectivity index (χ1n) is 8.11.